The van der Waals surface area contributed by atoms with Crippen molar-refractivity contribution in [1.82, 2.24) is 15.5 Å². The zero-order chi connectivity index (χ0) is 31.5. The first-order valence-corrected chi connectivity index (χ1v) is 16.3. The summed E-state index contributed by atoms with van der Waals surface area (Å²) in [5, 5.41) is 17.7. The van der Waals surface area contributed by atoms with E-state index in [1.807, 2.05) is 30.3 Å². The maximum atomic E-state index is 13.0. The summed E-state index contributed by atoms with van der Waals surface area (Å²) >= 11 is 0. The normalized spacial score (nSPS) is 20.9. The zero-order valence-electron chi connectivity index (χ0n) is 26.6. The van der Waals surface area contributed by atoms with Gasteiger partial charge in [-0.3, -0.25) is 4.90 Å². The van der Waals surface area contributed by atoms with Crippen molar-refractivity contribution in [3.63, 3.8) is 0 Å². The Bertz CT molecular complexity index is 1250. The Balaban J connectivity index is 1.13. The minimum Gasteiger partial charge on any atom is -0.443 e. The molecule has 2 heterocycles. The number of ether oxygens (including phenoxy) is 3. The van der Waals surface area contributed by atoms with E-state index >= 15 is 0 Å². The number of carbonyl (C=O) groups is 1. The van der Waals surface area contributed by atoms with E-state index in [1.165, 1.54) is 11.1 Å². The molecule has 0 aliphatic carbocycles. The van der Waals surface area contributed by atoms with Crippen molar-refractivity contribution < 1.29 is 24.1 Å². The predicted molar refractivity (Wildman–Crippen MR) is 175 cm³/mol. The number of aliphatic hydroxyl groups is 1. The Morgan fingerprint density at radius 3 is 2.16 bits per heavy atom. The zero-order valence-corrected chi connectivity index (χ0v) is 26.6. The van der Waals surface area contributed by atoms with Gasteiger partial charge in [0, 0.05) is 26.2 Å². The second kappa shape index (κ2) is 16.3. The molecule has 8 heteroatoms. The smallest absolute Gasteiger partial charge is 0.407 e. The number of amides is 1. The summed E-state index contributed by atoms with van der Waals surface area (Å²) in [7, 11) is 0. The van der Waals surface area contributed by atoms with Gasteiger partial charge in [0.25, 0.3) is 0 Å². The van der Waals surface area contributed by atoms with Gasteiger partial charge in [-0.1, -0.05) is 105 Å². The maximum Gasteiger partial charge on any atom is 0.407 e. The second-order valence-corrected chi connectivity index (χ2v) is 13.2. The third-order valence-corrected chi connectivity index (χ3v) is 8.87. The number of rotatable bonds is 16. The van der Waals surface area contributed by atoms with E-state index in [1.54, 1.807) is 0 Å². The summed E-state index contributed by atoms with van der Waals surface area (Å²) in [4.78, 5) is 15.5. The highest BCUT2D eigenvalue weighted by atomic mass is 16.7. The maximum absolute atomic E-state index is 13.0. The average Bonchev–Trinajstić information content (AvgIpc) is 3.66. The number of benzene rings is 3. The second-order valence-electron chi connectivity index (χ2n) is 13.2. The van der Waals surface area contributed by atoms with Gasteiger partial charge in [0.15, 0.2) is 6.29 Å². The van der Waals surface area contributed by atoms with Crippen molar-refractivity contribution in [1.29, 1.82) is 0 Å². The van der Waals surface area contributed by atoms with E-state index in [0.717, 1.165) is 44.6 Å². The van der Waals surface area contributed by atoms with Gasteiger partial charge in [-0.25, -0.2) is 4.79 Å². The average molecular weight is 616 g/mol. The van der Waals surface area contributed by atoms with E-state index < -0.39 is 18.2 Å². The fourth-order valence-electron chi connectivity index (χ4n) is 6.17. The highest BCUT2D eigenvalue weighted by Gasteiger charge is 2.44. The molecule has 8 nitrogen and oxygen atoms in total. The molecule has 45 heavy (non-hydrogen) atoms. The van der Waals surface area contributed by atoms with Crippen molar-refractivity contribution in [3.05, 3.63) is 108 Å². The molecule has 3 aromatic carbocycles. The van der Waals surface area contributed by atoms with Gasteiger partial charge < -0.3 is 30.0 Å². The quantitative estimate of drug-likeness (QED) is 0.205. The molecule has 0 unspecified atom stereocenters. The van der Waals surface area contributed by atoms with Gasteiger partial charge in [0.2, 0.25) is 0 Å². The van der Waals surface area contributed by atoms with Crippen LogP contribution in [0.3, 0.4) is 0 Å². The topological polar surface area (TPSA) is 92.3 Å². The number of aliphatic hydroxyl groups excluding tert-OH is 1. The van der Waals surface area contributed by atoms with Crippen LogP contribution in [0.5, 0.6) is 0 Å². The third kappa shape index (κ3) is 10.4. The number of fused-ring (bicyclic) bond motifs is 1. The Morgan fingerprint density at radius 2 is 1.53 bits per heavy atom. The first-order valence-electron chi connectivity index (χ1n) is 16.3. The van der Waals surface area contributed by atoms with Crippen LogP contribution in [0.2, 0.25) is 0 Å². The molecule has 0 saturated carbocycles. The molecule has 5 rings (SSSR count). The number of hydrogen-bond acceptors (Lipinski definition) is 7. The number of carbonyl (C=O) groups excluding carboxylic acids is 1. The molecule has 0 bridgehead atoms. The summed E-state index contributed by atoms with van der Waals surface area (Å²) in [6.07, 6.45) is 0.334. The molecule has 2 saturated heterocycles. The molecule has 242 valence electrons. The molecular formula is C37H49N3O5. The summed E-state index contributed by atoms with van der Waals surface area (Å²) in [6, 6.07) is 30.6. The van der Waals surface area contributed by atoms with Gasteiger partial charge in [-0.2, -0.15) is 0 Å². The van der Waals surface area contributed by atoms with Crippen LogP contribution in [0.25, 0.3) is 0 Å². The summed E-state index contributed by atoms with van der Waals surface area (Å²) in [6.45, 7) is 9.29. The predicted octanol–water partition coefficient (Wildman–Crippen LogP) is 5.15. The standard InChI is InChI=1S/C37H49N3O5/c1-37(2,19-20-40(24-29-14-8-4-9-15-29)25-30-16-10-5-11-17-30)27-38-23-33(41)32(22-28-12-6-3-7-13-28)39-36(42)45-34-26-44-35-31(34)18-21-43-35/h3-17,31-35,38,41H,18-27H2,1-2H3,(H,39,42)/t31-,32-,33-,34-,35+/m0/s1. The Hall–Kier alpha value is -3.27. The van der Waals surface area contributed by atoms with E-state index in [9.17, 15) is 9.90 Å². The molecule has 2 fully saturated rings. The van der Waals surface area contributed by atoms with Crippen LogP contribution in [-0.2, 0) is 33.7 Å². The summed E-state index contributed by atoms with van der Waals surface area (Å²) < 4.78 is 16.9. The molecule has 2 aliphatic rings. The Kier molecular flexibility index (Phi) is 12.0. The van der Waals surface area contributed by atoms with Crippen LogP contribution in [0.1, 0.15) is 43.4 Å². The van der Waals surface area contributed by atoms with E-state index in [0.29, 0.717) is 26.2 Å². The number of alkyl carbamates (subject to hydrolysis) is 1. The number of hydrogen-bond donors (Lipinski definition) is 3. The fraction of sp³-hybridized carbons (Fsp3) is 0.486. The minimum atomic E-state index is -0.802. The van der Waals surface area contributed by atoms with Gasteiger partial charge >= 0.3 is 6.09 Å². The molecule has 0 aromatic heterocycles. The van der Waals surface area contributed by atoms with Gasteiger partial charge in [0.05, 0.1) is 31.3 Å². The molecule has 3 aromatic rings. The highest BCUT2D eigenvalue weighted by Crippen LogP contribution is 2.33. The lowest BCUT2D eigenvalue weighted by atomic mass is 9.88. The van der Waals surface area contributed by atoms with Crippen LogP contribution in [0.15, 0.2) is 91.0 Å². The summed E-state index contributed by atoms with van der Waals surface area (Å²) in [5.41, 5.74) is 3.64. The first-order chi connectivity index (χ1) is 21.8. The van der Waals surface area contributed by atoms with Crippen LogP contribution < -0.4 is 10.6 Å². The highest BCUT2D eigenvalue weighted by molar-refractivity contribution is 5.68. The minimum absolute atomic E-state index is 0.00496. The molecule has 0 spiro atoms. The monoisotopic (exact) mass is 615 g/mol. The molecule has 1 amide bonds. The third-order valence-electron chi connectivity index (χ3n) is 8.87. The molecule has 3 N–H and O–H groups in total. The van der Waals surface area contributed by atoms with Gasteiger partial charge in [-0.05, 0) is 47.9 Å². The Labute approximate surface area is 268 Å². The summed E-state index contributed by atoms with van der Waals surface area (Å²) in [5.74, 6) is 0.0634. The van der Waals surface area contributed by atoms with Crippen molar-refractivity contribution in [3.8, 4) is 0 Å². The first kappa shape index (κ1) is 33.1. The van der Waals surface area contributed by atoms with Crippen LogP contribution >= 0.6 is 0 Å². The Morgan fingerprint density at radius 1 is 0.933 bits per heavy atom. The van der Waals surface area contributed by atoms with E-state index in [2.05, 4.69) is 90.0 Å². The number of nitrogens with zero attached hydrogens (tertiary/aromatic N) is 1. The van der Waals surface area contributed by atoms with Crippen molar-refractivity contribution in [2.45, 2.75) is 70.7 Å². The lowest BCUT2D eigenvalue weighted by molar-refractivity contribution is -0.0907. The van der Waals surface area contributed by atoms with Crippen LogP contribution in [0, 0.1) is 11.3 Å². The largest absolute Gasteiger partial charge is 0.443 e. The fourth-order valence-corrected chi connectivity index (χ4v) is 6.17. The van der Waals surface area contributed by atoms with Crippen molar-refractivity contribution in [2.24, 2.45) is 11.3 Å². The van der Waals surface area contributed by atoms with E-state index in [-0.39, 0.29) is 23.7 Å². The molecule has 0 radical (unpaired) electrons. The SMILES string of the molecule is CC(C)(CCN(Cc1ccccc1)Cc1ccccc1)CNC[C@H](O)[C@H](Cc1ccccc1)NC(=O)O[C@H]1CO[C@H]2OCC[C@H]21. The lowest BCUT2D eigenvalue weighted by Gasteiger charge is -2.31. The number of nitrogens with one attached hydrogen (secondary N) is 2. The lowest BCUT2D eigenvalue weighted by Crippen LogP contribution is -2.50. The van der Waals surface area contributed by atoms with Crippen LogP contribution in [0.4, 0.5) is 4.79 Å². The van der Waals surface area contributed by atoms with E-state index in [4.69, 9.17) is 14.2 Å². The molecular weight excluding hydrogens is 566 g/mol. The van der Waals surface area contributed by atoms with Gasteiger partial charge in [-0.15, -0.1) is 0 Å². The van der Waals surface area contributed by atoms with Crippen molar-refractivity contribution in [2.75, 3.05) is 32.8 Å². The van der Waals surface area contributed by atoms with Crippen LogP contribution in [-0.4, -0.2) is 73.5 Å². The molecule has 2 aliphatic heterocycles. The van der Waals surface area contributed by atoms with Crippen molar-refractivity contribution >= 4 is 6.09 Å². The van der Waals surface area contributed by atoms with Gasteiger partial charge in [0.1, 0.15) is 6.10 Å². The molecule has 5 atom stereocenters.